The Balaban J connectivity index is 2.63. The van der Waals surface area contributed by atoms with E-state index in [1.807, 2.05) is 0 Å². The van der Waals surface area contributed by atoms with Crippen molar-refractivity contribution in [3.8, 4) is 0 Å². The summed E-state index contributed by atoms with van der Waals surface area (Å²) in [6.07, 6.45) is 0. The predicted octanol–water partition coefficient (Wildman–Crippen LogP) is 4.34. The first-order valence-corrected chi connectivity index (χ1v) is 6.19. The van der Waals surface area contributed by atoms with Gasteiger partial charge in [-0.25, -0.2) is 22.0 Å². The average Bonchev–Trinajstić information content (AvgIpc) is 2.38. The Morgan fingerprint density at radius 3 is 1.90 bits per heavy atom. The van der Waals surface area contributed by atoms with E-state index in [1.165, 1.54) is 7.05 Å². The molecule has 0 aliphatic carbocycles. The number of nitrogens with one attached hydrogen (secondary N) is 1. The summed E-state index contributed by atoms with van der Waals surface area (Å²) < 4.78 is 67.0. The summed E-state index contributed by atoms with van der Waals surface area (Å²) in [5.74, 6) is -5.79. The van der Waals surface area contributed by atoms with Crippen LogP contribution in [0.2, 0.25) is 5.02 Å². The summed E-state index contributed by atoms with van der Waals surface area (Å²) in [6, 6.07) is 1.23. The van der Waals surface area contributed by atoms with Crippen LogP contribution < -0.4 is 5.32 Å². The molecule has 0 saturated carbocycles. The van der Waals surface area contributed by atoms with Gasteiger partial charge in [0.2, 0.25) is 0 Å². The number of halogens is 6. The molecule has 1 unspecified atom stereocenters. The van der Waals surface area contributed by atoms with E-state index in [0.717, 1.165) is 6.07 Å². The van der Waals surface area contributed by atoms with Crippen molar-refractivity contribution < 1.29 is 22.0 Å². The lowest BCUT2D eigenvalue weighted by molar-refractivity contribution is 0.491. The Morgan fingerprint density at radius 2 is 1.38 bits per heavy atom. The molecule has 2 aromatic rings. The maximum absolute atomic E-state index is 13.8. The van der Waals surface area contributed by atoms with Crippen LogP contribution in [0.5, 0.6) is 0 Å². The summed E-state index contributed by atoms with van der Waals surface area (Å²) in [5.41, 5.74) is -0.603. The molecule has 2 aromatic carbocycles. The Morgan fingerprint density at radius 1 is 0.857 bits per heavy atom. The van der Waals surface area contributed by atoms with Crippen LogP contribution in [-0.2, 0) is 0 Å². The fourth-order valence-corrected chi connectivity index (χ4v) is 2.30. The van der Waals surface area contributed by atoms with Gasteiger partial charge >= 0.3 is 0 Å². The average molecular weight is 322 g/mol. The largest absolute Gasteiger partial charge is 0.309 e. The Bertz CT molecular complexity index is 666. The van der Waals surface area contributed by atoms with Crippen LogP contribution in [0.1, 0.15) is 17.2 Å². The van der Waals surface area contributed by atoms with E-state index >= 15 is 0 Å². The second-order valence-corrected chi connectivity index (χ2v) is 4.70. The lowest BCUT2D eigenvalue weighted by atomic mass is 9.97. The van der Waals surface area contributed by atoms with Crippen molar-refractivity contribution in [3.63, 3.8) is 0 Å². The molecular weight excluding hydrogens is 313 g/mol. The molecule has 0 aliphatic heterocycles. The van der Waals surface area contributed by atoms with Crippen molar-refractivity contribution in [1.29, 1.82) is 0 Å². The molecule has 0 saturated heterocycles. The molecule has 0 fully saturated rings. The van der Waals surface area contributed by atoms with E-state index in [1.54, 1.807) is 0 Å². The van der Waals surface area contributed by atoms with Gasteiger partial charge in [-0.05, 0) is 24.7 Å². The molecule has 7 heteroatoms. The van der Waals surface area contributed by atoms with Crippen molar-refractivity contribution in [3.05, 3.63) is 69.5 Å². The van der Waals surface area contributed by atoms with Gasteiger partial charge in [0.25, 0.3) is 0 Å². The number of rotatable bonds is 3. The molecule has 0 spiro atoms. The SMILES string of the molecule is CNC(c1cc(F)c(F)cc1Cl)c1c(F)cc(F)cc1F. The van der Waals surface area contributed by atoms with E-state index in [0.29, 0.717) is 18.2 Å². The zero-order valence-corrected chi connectivity index (χ0v) is 11.4. The molecule has 1 N–H and O–H groups in total. The second kappa shape index (κ2) is 5.99. The van der Waals surface area contributed by atoms with Crippen LogP contribution in [0.4, 0.5) is 22.0 Å². The molecule has 1 atom stereocenters. The van der Waals surface area contributed by atoms with Crippen molar-refractivity contribution in [2.75, 3.05) is 7.05 Å². The van der Waals surface area contributed by atoms with Gasteiger partial charge in [0.1, 0.15) is 17.5 Å². The van der Waals surface area contributed by atoms with Gasteiger partial charge in [-0.2, -0.15) is 0 Å². The summed E-state index contributed by atoms with van der Waals surface area (Å²) in [7, 11) is 1.35. The van der Waals surface area contributed by atoms with Crippen molar-refractivity contribution in [2.45, 2.75) is 6.04 Å². The highest BCUT2D eigenvalue weighted by molar-refractivity contribution is 6.31. The fraction of sp³-hybridized carbons (Fsp3) is 0.143. The van der Waals surface area contributed by atoms with Gasteiger partial charge in [-0.1, -0.05) is 11.6 Å². The Kier molecular flexibility index (Phi) is 4.49. The summed E-state index contributed by atoms with van der Waals surface area (Å²) in [5, 5.41) is 2.34. The summed E-state index contributed by atoms with van der Waals surface area (Å²) >= 11 is 5.80. The molecule has 0 heterocycles. The minimum atomic E-state index is -1.21. The van der Waals surface area contributed by atoms with Gasteiger partial charge in [-0.3, -0.25) is 0 Å². The lowest BCUT2D eigenvalue weighted by Crippen LogP contribution is -2.21. The molecule has 0 bridgehead atoms. The van der Waals surface area contributed by atoms with Crippen LogP contribution in [0, 0.1) is 29.1 Å². The molecule has 2 rings (SSSR count). The summed E-state index contributed by atoms with van der Waals surface area (Å²) in [6.45, 7) is 0. The van der Waals surface area contributed by atoms with Gasteiger partial charge in [-0.15, -0.1) is 0 Å². The molecule has 112 valence electrons. The second-order valence-electron chi connectivity index (χ2n) is 4.29. The molecular formula is C14H9ClF5N. The first-order chi connectivity index (χ1) is 9.85. The van der Waals surface area contributed by atoms with Crippen LogP contribution in [0.25, 0.3) is 0 Å². The third-order valence-corrected chi connectivity index (χ3v) is 3.30. The van der Waals surface area contributed by atoms with Crippen LogP contribution in [0.3, 0.4) is 0 Å². The topological polar surface area (TPSA) is 12.0 Å². The Hall–Kier alpha value is -1.66. The monoisotopic (exact) mass is 321 g/mol. The highest BCUT2D eigenvalue weighted by Gasteiger charge is 2.25. The predicted molar refractivity (Wildman–Crippen MR) is 68.6 cm³/mol. The van der Waals surface area contributed by atoms with Crippen molar-refractivity contribution in [2.24, 2.45) is 0 Å². The minimum absolute atomic E-state index is 0.0672. The van der Waals surface area contributed by atoms with Crippen LogP contribution in [-0.4, -0.2) is 7.05 Å². The van der Waals surface area contributed by atoms with E-state index < -0.39 is 40.7 Å². The fourth-order valence-electron chi connectivity index (χ4n) is 2.04. The number of hydrogen-bond donors (Lipinski definition) is 1. The molecule has 0 aromatic heterocycles. The number of benzene rings is 2. The first kappa shape index (κ1) is 15.7. The standard InChI is InChI=1S/C14H9ClF5N/c1-21-14(7-4-9(17)10(18)5-8(7)15)13-11(19)2-6(16)3-12(13)20/h2-5,14,21H,1H3. The van der Waals surface area contributed by atoms with Gasteiger partial charge in [0.15, 0.2) is 11.6 Å². The van der Waals surface area contributed by atoms with Gasteiger partial charge in [0.05, 0.1) is 6.04 Å². The quantitative estimate of drug-likeness (QED) is 0.655. The minimum Gasteiger partial charge on any atom is -0.309 e. The normalized spacial score (nSPS) is 12.5. The molecule has 21 heavy (non-hydrogen) atoms. The number of hydrogen-bond acceptors (Lipinski definition) is 1. The third-order valence-electron chi connectivity index (χ3n) is 2.97. The van der Waals surface area contributed by atoms with Gasteiger partial charge < -0.3 is 5.32 Å². The summed E-state index contributed by atoms with van der Waals surface area (Å²) in [4.78, 5) is 0. The van der Waals surface area contributed by atoms with Gasteiger partial charge in [0, 0.05) is 22.7 Å². The van der Waals surface area contributed by atoms with E-state index in [9.17, 15) is 22.0 Å². The van der Waals surface area contributed by atoms with E-state index in [4.69, 9.17) is 11.6 Å². The lowest BCUT2D eigenvalue weighted by Gasteiger charge is -2.20. The zero-order chi connectivity index (χ0) is 15.7. The van der Waals surface area contributed by atoms with E-state index in [2.05, 4.69) is 5.32 Å². The zero-order valence-electron chi connectivity index (χ0n) is 10.7. The van der Waals surface area contributed by atoms with Crippen molar-refractivity contribution >= 4 is 11.6 Å². The highest BCUT2D eigenvalue weighted by atomic mass is 35.5. The van der Waals surface area contributed by atoms with Crippen LogP contribution in [0.15, 0.2) is 24.3 Å². The van der Waals surface area contributed by atoms with Crippen LogP contribution >= 0.6 is 11.6 Å². The molecule has 0 amide bonds. The maximum atomic E-state index is 13.8. The maximum Gasteiger partial charge on any atom is 0.160 e. The molecule has 1 nitrogen and oxygen atoms in total. The smallest absolute Gasteiger partial charge is 0.160 e. The highest BCUT2D eigenvalue weighted by Crippen LogP contribution is 2.33. The first-order valence-electron chi connectivity index (χ1n) is 5.81. The molecule has 0 radical (unpaired) electrons. The van der Waals surface area contributed by atoms with E-state index in [-0.39, 0.29) is 10.6 Å². The third kappa shape index (κ3) is 3.01. The molecule has 0 aliphatic rings. The van der Waals surface area contributed by atoms with Crippen molar-refractivity contribution in [1.82, 2.24) is 5.32 Å². The Labute approximate surface area is 122 Å².